The number of aldehydes is 1. The van der Waals surface area contributed by atoms with Crippen molar-refractivity contribution in [3.8, 4) is 0 Å². The highest BCUT2D eigenvalue weighted by Gasteiger charge is 2.20. The molecule has 0 atom stereocenters. The third-order valence-electron chi connectivity index (χ3n) is 1.67. The summed E-state index contributed by atoms with van der Waals surface area (Å²) in [4.78, 5) is 14.1. The van der Waals surface area contributed by atoms with Crippen molar-refractivity contribution in [3.63, 3.8) is 0 Å². The first kappa shape index (κ1) is 11.3. The van der Waals surface area contributed by atoms with Gasteiger partial charge in [-0.15, -0.1) is 11.6 Å². The molecule has 1 rings (SSSR count). The fourth-order valence-corrected chi connectivity index (χ4v) is 1.44. The van der Waals surface area contributed by atoms with Gasteiger partial charge < -0.3 is 0 Å². The van der Waals surface area contributed by atoms with Gasteiger partial charge in [-0.25, -0.2) is 13.8 Å². The topological polar surface area (TPSA) is 30.0 Å². The molecule has 0 unspecified atom stereocenters. The number of hydrogen-bond acceptors (Lipinski definition) is 2. The predicted molar refractivity (Wildman–Crippen MR) is 49.1 cm³/mol. The predicted octanol–water partition coefficient (Wildman–Crippen LogP) is 3.22. The van der Waals surface area contributed by atoms with Crippen LogP contribution in [0.25, 0.3) is 0 Å². The molecule has 1 heterocycles. The third-order valence-corrected chi connectivity index (χ3v) is 2.26. The lowest BCUT2D eigenvalue weighted by Gasteiger charge is -2.09. The second kappa shape index (κ2) is 4.66. The average Bonchev–Trinajstić information content (AvgIpc) is 2.17. The Bertz CT molecular complexity index is 357. The minimum atomic E-state index is -2.79. The van der Waals surface area contributed by atoms with Crippen LogP contribution in [0.2, 0.25) is 5.15 Å². The first-order valence-corrected chi connectivity index (χ1v) is 4.49. The standard InChI is InChI=1S/C8H5Cl2F2NO/c9-1-4-2-13-7(10)5(3-14)6(4)8(11)12/h2-3,8H,1H2. The first-order chi connectivity index (χ1) is 6.61. The Hall–Kier alpha value is -0.740. The van der Waals surface area contributed by atoms with E-state index < -0.39 is 12.0 Å². The summed E-state index contributed by atoms with van der Waals surface area (Å²) in [5.41, 5.74) is -0.608. The van der Waals surface area contributed by atoms with E-state index in [4.69, 9.17) is 23.2 Å². The lowest BCUT2D eigenvalue weighted by Crippen LogP contribution is -2.01. The number of carbonyl (C=O) groups is 1. The van der Waals surface area contributed by atoms with E-state index in [9.17, 15) is 13.6 Å². The van der Waals surface area contributed by atoms with Gasteiger partial charge in [-0.05, 0) is 5.56 Å². The van der Waals surface area contributed by atoms with Crippen molar-refractivity contribution in [1.29, 1.82) is 0 Å². The molecule has 0 aliphatic carbocycles. The molecule has 0 aromatic carbocycles. The summed E-state index contributed by atoms with van der Waals surface area (Å²) in [6, 6.07) is 0. The van der Waals surface area contributed by atoms with Crippen LogP contribution >= 0.6 is 23.2 Å². The zero-order valence-electron chi connectivity index (χ0n) is 6.81. The maximum absolute atomic E-state index is 12.5. The molecule has 6 heteroatoms. The summed E-state index contributed by atoms with van der Waals surface area (Å²) in [7, 11) is 0. The summed E-state index contributed by atoms with van der Waals surface area (Å²) in [5.74, 6) is -0.134. The second-order valence-electron chi connectivity index (χ2n) is 2.45. The van der Waals surface area contributed by atoms with E-state index in [-0.39, 0.29) is 28.4 Å². The van der Waals surface area contributed by atoms with Crippen LogP contribution in [0.4, 0.5) is 8.78 Å². The van der Waals surface area contributed by atoms with Gasteiger partial charge in [0.2, 0.25) is 0 Å². The molecule has 0 N–H and O–H groups in total. The Labute approximate surface area is 88.8 Å². The smallest absolute Gasteiger partial charge is 0.265 e. The van der Waals surface area contributed by atoms with E-state index in [1.807, 2.05) is 0 Å². The highest BCUT2D eigenvalue weighted by atomic mass is 35.5. The van der Waals surface area contributed by atoms with Gasteiger partial charge in [0.25, 0.3) is 6.43 Å². The normalized spacial score (nSPS) is 10.6. The van der Waals surface area contributed by atoms with Crippen molar-refractivity contribution in [2.75, 3.05) is 0 Å². The van der Waals surface area contributed by atoms with E-state index in [0.717, 1.165) is 6.20 Å². The number of hydrogen-bond donors (Lipinski definition) is 0. The van der Waals surface area contributed by atoms with Crippen LogP contribution in [0.1, 0.15) is 27.9 Å². The SMILES string of the molecule is O=Cc1c(Cl)ncc(CCl)c1C(F)F. The minimum Gasteiger partial charge on any atom is -0.298 e. The summed E-state index contributed by atoms with van der Waals surface area (Å²) < 4.78 is 25.1. The number of rotatable bonds is 3. The third kappa shape index (κ3) is 2.01. The van der Waals surface area contributed by atoms with E-state index in [2.05, 4.69) is 4.98 Å². The number of halogens is 4. The van der Waals surface area contributed by atoms with Crippen molar-refractivity contribution in [2.45, 2.75) is 12.3 Å². The van der Waals surface area contributed by atoms with Crippen LogP contribution < -0.4 is 0 Å². The monoisotopic (exact) mass is 239 g/mol. The quantitative estimate of drug-likeness (QED) is 0.461. The van der Waals surface area contributed by atoms with Crippen LogP contribution in [-0.4, -0.2) is 11.3 Å². The lowest BCUT2D eigenvalue weighted by molar-refractivity contribution is 0.110. The molecule has 76 valence electrons. The molecule has 2 nitrogen and oxygen atoms in total. The zero-order valence-corrected chi connectivity index (χ0v) is 8.32. The molecular weight excluding hydrogens is 235 g/mol. The fourth-order valence-electron chi connectivity index (χ4n) is 1.03. The molecule has 0 saturated heterocycles. The van der Waals surface area contributed by atoms with Crippen LogP contribution in [0.5, 0.6) is 0 Å². The number of aromatic nitrogens is 1. The number of nitrogens with zero attached hydrogens (tertiary/aromatic N) is 1. The Kier molecular flexibility index (Phi) is 3.77. The molecule has 0 fully saturated rings. The number of alkyl halides is 3. The number of carbonyl (C=O) groups excluding carboxylic acids is 1. The van der Waals surface area contributed by atoms with Crippen molar-refractivity contribution in [2.24, 2.45) is 0 Å². The van der Waals surface area contributed by atoms with Gasteiger partial charge in [-0.2, -0.15) is 0 Å². The lowest BCUT2D eigenvalue weighted by atomic mass is 10.1. The molecule has 0 radical (unpaired) electrons. The highest BCUT2D eigenvalue weighted by Crippen LogP contribution is 2.29. The van der Waals surface area contributed by atoms with Gasteiger partial charge >= 0.3 is 0 Å². The van der Waals surface area contributed by atoms with E-state index in [1.165, 1.54) is 0 Å². The largest absolute Gasteiger partial charge is 0.298 e. The van der Waals surface area contributed by atoms with Gasteiger partial charge in [-0.3, -0.25) is 4.79 Å². The Balaban J connectivity index is 3.43. The fraction of sp³-hybridized carbons (Fsp3) is 0.250. The van der Waals surface area contributed by atoms with E-state index in [0.29, 0.717) is 0 Å². The van der Waals surface area contributed by atoms with E-state index in [1.54, 1.807) is 0 Å². The summed E-state index contributed by atoms with van der Waals surface area (Å²) in [5, 5.41) is -0.232. The average molecular weight is 240 g/mol. The van der Waals surface area contributed by atoms with Gasteiger partial charge in [0.15, 0.2) is 6.29 Å². The summed E-state index contributed by atoms with van der Waals surface area (Å²) in [6.07, 6.45) is -1.39. The summed E-state index contributed by atoms with van der Waals surface area (Å²) >= 11 is 10.9. The van der Waals surface area contributed by atoms with Crippen molar-refractivity contribution in [1.82, 2.24) is 4.98 Å². The number of pyridine rings is 1. The Morgan fingerprint density at radius 2 is 2.21 bits per heavy atom. The molecule has 1 aromatic rings. The summed E-state index contributed by atoms with van der Waals surface area (Å²) in [6.45, 7) is 0. The maximum atomic E-state index is 12.5. The van der Waals surface area contributed by atoms with Crippen molar-refractivity contribution >= 4 is 29.5 Å². The molecule has 0 spiro atoms. The van der Waals surface area contributed by atoms with Gasteiger partial charge in [0, 0.05) is 17.6 Å². The van der Waals surface area contributed by atoms with Crippen molar-refractivity contribution in [3.05, 3.63) is 28.0 Å². The highest BCUT2D eigenvalue weighted by molar-refractivity contribution is 6.32. The Morgan fingerprint density at radius 3 is 2.64 bits per heavy atom. The molecule has 0 amide bonds. The van der Waals surface area contributed by atoms with Gasteiger partial charge in [0.05, 0.1) is 5.56 Å². The Morgan fingerprint density at radius 1 is 1.57 bits per heavy atom. The molecule has 0 saturated carbocycles. The van der Waals surface area contributed by atoms with Crippen molar-refractivity contribution < 1.29 is 13.6 Å². The molecular formula is C8H5Cl2F2NO. The first-order valence-electron chi connectivity index (χ1n) is 3.58. The molecule has 0 aliphatic rings. The van der Waals surface area contributed by atoms with Gasteiger partial charge in [-0.1, -0.05) is 11.6 Å². The molecule has 0 aliphatic heterocycles. The van der Waals surface area contributed by atoms with Crippen LogP contribution in [0.3, 0.4) is 0 Å². The molecule has 14 heavy (non-hydrogen) atoms. The molecule has 1 aromatic heterocycles. The van der Waals surface area contributed by atoms with Crippen LogP contribution in [-0.2, 0) is 5.88 Å². The van der Waals surface area contributed by atoms with E-state index >= 15 is 0 Å². The van der Waals surface area contributed by atoms with Crippen LogP contribution in [0.15, 0.2) is 6.20 Å². The second-order valence-corrected chi connectivity index (χ2v) is 3.08. The zero-order chi connectivity index (χ0) is 10.7. The van der Waals surface area contributed by atoms with Crippen LogP contribution in [0, 0.1) is 0 Å². The molecule has 0 bridgehead atoms. The maximum Gasteiger partial charge on any atom is 0.265 e. The van der Waals surface area contributed by atoms with Gasteiger partial charge in [0.1, 0.15) is 5.15 Å². The minimum absolute atomic E-state index is 0.119.